The van der Waals surface area contributed by atoms with Crippen molar-refractivity contribution in [2.75, 3.05) is 32.8 Å². The number of piperazine rings is 1. The molecular weight excluding hydrogens is 260 g/mol. The van der Waals surface area contributed by atoms with Gasteiger partial charge < -0.3 is 10.1 Å². The molecule has 0 amide bonds. The summed E-state index contributed by atoms with van der Waals surface area (Å²) in [5.74, 6) is 1.72. The molecule has 1 unspecified atom stereocenters. The summed E-state index contributed by atoms with van der Waals surface area (Å²) >= 11 is 0. The predicted octanol–water partition coefficient (Wildman–Crippen LogP) is 3.05. The minimum atomic E-state index is 0.448. The van der Waals surface area contributed by atoms with Crippen LogP contribution >= 0.6 is 0 Å². The van der Waals surface area contributed by atoms with Crippen LogP contribution in [-0.4, -0.2) is 49.3 Å². The Morgan fingerprint density at radius 3 is 2.62 bits per heavy atom. The molecule has 3 rings (SSSR count). The first-order valence-electron chi connectivity index (χ1n) is 9.25. The Labute approximate surface area is 130 Å². The summed E-state index contributed by atoms with van der Waals surface area (Å²) in [6.45, 7) is 10.0. The van der Waals surface area contributed by atoms with Gasteiger partial charge >= 0.3 is 0 Å². The van der Waals surface area contributed by atoms with E-state index in [4.69, 9.17) is 4.74 Å². The van der Waals surface area contributed by atoms with Gasteiger partial charge in [-0.25, -0.2) is 0 Å². The molecule has 1 atom stereocenters. The maximum absolute atomic E-state index is 5.88. The van der Waals surface area contributed by atoms with Crippen LogP contribution in [0.25, 0.3) is 0 Å². The summed E-state index contributed by atoms with van der Waals surface area (Å²) in [6, 6.07) is 0.782. The van der Waals surface area contributed by atoms with Crippen LogP contribution in [-0.2, 0) is 4.74 Å². The fourth-order valence-electron chi connectivity index (χ4n) is 4.19. The number of hydrogen-bond donors (Lipinski definition) is 1. The highest BCUT2D eigenvalue weighted by Crippen LogP contribution is 2.40. The second-order valence-corrected chi connectivity index (χ2v) is 8.04. The van der Waals surface area contributed by atoms with Crippen LogP contribution in [0.15, 0.2) is 0 Å². The van der Waals surface area contributed by atoms with Gasteiger partial charge in [-0.15, -0.1) is 0 Å². The Balaban J connectivity index is 1.46. The second-order valence-electron chi connectivity index (χ2n) is 8.04. The lowest BCUT2D eigenvalue weighted by Crippen LogP contribution is -2.64. The molecule has 1 saturated heterocycles. The summed E-state index contributed by atoms with van der Waals surface area (Å²) in [4.78, 5) is 2.77. The summed E-state index contributed by atoms with van der Waals surface area (Å²) in [5, 5.41) is 3.93. The van der Waals surface area contributed by atoms with E-state index in [-0.39, 0.29) is 0 Å². The SMILES string of the molecule is CC(C)CCOCCN1CC2(CCCC2)NCC1C1CC1. The van der Waals surface area contributed by atoms with Gasteiger partial charge in [0.05, 0.1) is 6.61 Å². The predicted molar refractivity (Wildman–Crippen MR) is 87.6 cm³/mol. The van der Waals surface area contributed by atoms with Crippen LogP contribution in [0.1, 0.15) is 58.8 Å². The van der Waals surface area contributed by atoms with E-state index in [1.807, 2.05) is 0 Å². The van der Waals surface area contributed by atoms with Gasteiger partial charge in [-0.05, 0) is 43.9 Å². The maximum atomic E-state index is 5.88. The third-order valence-corrected chi connectivity index (χ3v) is 5.75. The van der Waals surface area contributed by atoms with Gasteiger partial charge in [0.1, 0.15) is 0 Å². The molecule has 2 saturated carbocycles. The fraction of sp³-hybridized carbons (Fsp3) is 1.00. The quantitative estimate of drug-likeness (QED) is 0.730. The standard InChI is InChI=1S/C18H34N2O/c1-15(2)7-11-21-12-10-20-14-18(8-3-4-9-18)19-13-17(20)16-5-6-16/h15-17,19H,3-14H2,1-2H3. The van der Waals surface area contributed by atoms with Gasteiger partial charge in [-0.3, -0.25) is 4.90 Å². The Bertz CT molecular complexity index is 321. The molecular formula is C18H34N2O. The van der Waals surface area contributed by atoms with Crippen molar-refractivity contribution in [2.45, 2.75) is 70.4 Å². The third-order valence-electron chi connectivity index (χ3n) is 5.75. The Morgan fingerprint density at radius 1 is 1.19 bits per heavy atom. The van der Waals surface area contributed by atoms with E-state index in [0.717, 1.165) is 37.6 Å². The molecule has 0 aromatic rings. The van der Waals surface area contributed by atoms with Crippen molar-refractivity contribution in [3.8, 4) is 0 Å². The average molecular weight is 294 g/mol. The van der Waals surface area contributed by atoms with Crippen LogP contribution in [0.5, 0.6) is 0 Å². The van der Waals surface area contributed by atoms with E-state index in [1.54, 1.807) is 0 Å². The highest BCUT2D eigenvalue weighted by Gasteiger charge is 2.45. The molecule has 0 radical (unpaired) electrons. The zero-order chi connectivity index (χ0) is 14.7. The molecule has 3 heteroatoms. The van der Waals surface area contributed by atoms with Gasteiger partial charge in [-0.2, -0.15) is 0 Å². The number of nitrogens with zero attached hydrogens (tertiary/aromatic N) is 1. The Morgan fingerprint density at radius 2 is 1.95 bits per heavy atom. The molecule has 0 bridgehead atoms. The number of rotatable bonds is 7. The maximum Gasteiger partial charge on any atom is 0.0593 e. The van der Waals surface area contributed by atoms with Gasteiger partial charge in [0.2, 0.25) is 0 Å². The van der Waals surface area contributed by atoms with E-state index in [2.05, 4.69) is 24.1 Å². The zero-order valence-electron chi connectivity index (χ0n) is 14.1. The van der Waals surface area contributed by atoms with Crippen molar-refractivity contribution >= 4 is 0 Å². The van der Waals surface area contributed by atoms with Crippen LogP contribution in [0, 0.1) is 11.8 Å². The molecule has 1 heterocycles. The van der Waals surface area contributed by atoms with Crippen LogP contribution < -0.4 is 5.32 Å². The van der Waals surface area contributed by atoms with Crippen molar-refractivity contribution in [1.29, 1.82) is 0 Å². The van der Waals surface area contributed by atoms with Crippen molar-refractivity contribution in [3.63, 3.8) is 0 Å². The lowest BCUT2D eigenvalue weighted by atomic mass is 9.91. The average Bonchev–Trinajstić information content (AvgIpc) is 3.20. The van der Waals surface area contributed by atoms with Crippen molar-refractivity contribution in [2.24, 2.45) is 11.8 Å². The smallest absolute Gasteiger partial charge is 0.0593 e. The monoisotopic (exact) mass is 294 g/mol. The molecule has 1 aliphatic heterocycles. The lowest BCUT2D eigenvalue weighted by molar-refractivity contribution is 0.0322. The fourth-order valence-corrected chi connectivity index (χ4v) is 4.19. The summed E-state index contributed by atoms with van der Waals surface area (Å²) in [6.07, 6.45) is 9.69. The van der Waals surface area contributed by atoms with Gasteiger partial charge in [-0.1, -0.05) is 26.7 Å². The Kier molecular flexibility index (Phi) is 5.23. The molecule has 0 aromatic heterocycles. The number of nitrogens with one attached hydrogen (secondary N) is 1. The highest BCUT2D eigenvalue weighted by atomic mass is 16.5. The van der Waals surface area contributed by atoms with Crippen molar-refractivity contribution in [1.82, 2.24) is 10.2 Å². The van der Waals surface area contributed by atoms with Crippen LogP contribution in [0.3, 0.4) is 0 Å². The molecule has 3 aliphatic rings. The molecule has 122 valence electrons. The topological polar surface area (TPSA) is 24.5 Å². The molecule has 0 aromatic carbocycles. The van der Waals surface area contributed by atoms with E-state index >= 15 is 0 Å². The molecule has 3 fully saturated rings. The van der Waals surface area contributed by atoms with Crippen molar-refractivity contribution in [3.05, 3.63) is 0 Å². The lowest BCUT2D eigenvalue weighted by Gasteiger charge is -2.46. The first kappa shape index (κ1) is 15.8. The highest BCUT2D eigenvalue weighted by molar-refractivity contribution is 5.03. The van der Waals surface area contributed by atoms with E-state index in [0.29, 0.717) is 5.54 Å². The molecule has 1 spiro atoms. The van der Waals surface area contributed by atoms with Crippen LogP contribution in [0.2, 0.25) is 0 Å². The van der Waals surface area contributed by atoms with Gasteiger partial charge in [0.25, 0.3) is 0 Å². The van der Waals surface area contributed by atoms with E-state index in [1.165, 1.54) is 58.0 Å². The molecule has 3 nitrogen and oxygen atoms in total. The Hall–Kier alpha value is -0.120. The normalized spacial score (nSPS) is 29.6. The van der Waals surface area contributed by atoms with Crippen LogP contribution in [0.4, 0.5) is 0 Å². The number of hydrogen-bond acceptors (Lipinski definition) is 3. The molecule has 21 heavy (non-hydrogen) atoms. The first-order chi connectivity index (χ1) is 10.2. The van der Waals surface area contributed by atoms with Crippen molar-refractivity contribution < 1.29 is 4.74 Å². The second kappa shape index (κ2) is 6.97. The largest absolute Gasteiger partial charge is 0.380 e. The summed E-state index contributed by atoms with van der Waals surface area (Å²) < 4.78 is 5.88. The van der Waals surface area contributed by atoms with Gasteiger partial charge in [0.15, 0.2) is 0 Å². The van der Waals surface area contributed by atoms with E-state index < -0.39 is 0 Å². The number of ether oxygens (including phenoxy) is 1. The molecule has 1 N–H and O–H groups in total. The van der Waals surface area contributed by atoms with E-state index in [9.17, 15) is 0 Å². The first-order valence-corrected chi connectivity index (χ1v) is 9.25. The van der Waals surface area contributed by atoms with Gasteiger partial charge in [0, 0.05) is 37.8 Å². The minimum absolute atomic E-state index is 0.448. The zero-order valence-corrected chi connectivity index (χ0v) is 14.1. The molecule has 2 aliphatic carbocycles. The summed E-state index contributed by atoms with van der Waals surface area (Å²) in [7, 11) is 0. The summed E-state index contributed by atoms with van der Waals surface area (Å²) in [5.41, 5.74) is 0.448. The minimum Gasteiger partial charge on any atom is -0.380 e. The third kappa shape index (κ3) is 4.20.